The molecule has 1 amide bonds. The molecule has 1 aromatic heterocycles. The summed E-state index contributed by atoms with van der Waals surface area (Å²) in [5.41, 5.74) is 6.25. The topological polar surface area (TPSA) is 101 Å². The van der Waals surface area contributed by atoms with Crippen molar-refractivity contribution in [1.82, 2.24) is 9.97 Å². The van der Waals surface area contributed by atoms with E-state index >= 15 is 0 Å². The van der Waals surface area contributed by atoms with Crippen LogP contribution in [0.5, 0.6) is 0 Å². The third-order valence-corrected chi connectivity index (χ3v) is 3.17. The van der Waals surface area contributed by atoms with Crippen LogP contribution in [0.4, 0.5) is 5.82 Å². The molecule has 1 heterocycles. The van der Waals surface area contributed by atoms with Crippen LogP contribution in [-0.2, 0) is 6.42 Å². The van der Waals surface area contributed by atoms with Gasteiger partial charge in [0.2, 0.25) is 11.2 Å². The number of aliphatic hydroxyl groups excluding tert-OH is 1. The highest BCUT2D eigenvalue weighted by Gasteiger charge is 2.14. The number of hydrogen-bond acceptors (Lipinski definition) is 5. The van der Waals surface area contributed by atoms with Gasteiger partial charge in [-0.2, -0.15) is 4.98 Å². The van der Waals surface area contributed by atoms with Gasteiger partial charge in [0.1, 0.15) is 11.3 Å². The van der Waals surface area contributed by atoms with E-state index in [0.717, 1.165) is 0 Å². The van der Waals surface area contributed by atoms with E-state index in [4.69, 9.17) is 28.9 Å². The van der Waals surface area contributed by atoms with Crippen molar-refractivity contribution in [3.05, 3.63) is 51.9 Å². The molecule has 8 heteroatoms. The number of benzene rings is 1. The number of nitrogens with zero attached hydrogens (tertiary/aromatic N) is 2. The molecule has 0 fully saturated rings. The molecule has 0 bridgehead atoms. The van der Waals surface area contributed by atoms with Gasteiger partial charge in [0.15, 0.2) is 5.82 Å². The molecule has 4 N–H and O–H groups in total. The van der Waals surface area contributed by atoms with E-state index < -0.39 is 12.1 Å². The van der Waals surface area contributed by atoms with Crippen LogP contribution in [0.3, 0.4) is 0 Å². The van der Waals surface area contributed by atoms with Crippen molar-refractivity contribution < 1.29 is 9.90 Å². The lowest BCUT2D eigenvalue weighted by Crippen LogP contribution is -2.24. The fraction of sp³-hybridized carbons (Fsp3) is 0.154. The van der Waals surface area contributed by atoms with Gasteiger partial charge in [0.25, 0.3) is 0 Å². The van der Waals surface area contributed by atoms with Crippen LogP contribution in [-0.4, -0.2) is 27.2 Å². The Morgan fingerprint density at radius 1 is 1.38 bits per heavy atom. The lowest BCUT2D eigenvalue weighted by atomic mass is 10.0. The van der Waals surface area contributed by atoms with Crippen LogP contribution in [0, 0.1) is 0 Å². The Balaban J connectivity index is 2.14. The molecular formula is C13H12Cl2N4O2. The van der Waals surface area contributed by atoms with Crippen LogP contribution < -0.4 is 11.1 Å². The lowest BCUT2D eigenvalue weighted by Gasteiger charge is -2.15. The standard InChI is InChI=1S/C13H12Cl2N4O2/c14-9-6-17-13(15)19-12(9)18-10(20)5-7-3-1-2-4-8(7)11(16)21/h1-4,6,10,20H,5H2,(H2,16,21)(H,17,18,19). The van der Waals surface area contributed by atoms with Crippen molar-refractivity contribution in [2.75, 3.05) is 5.32 Å². The van der Waals surface area contributed by atoms with Crippen LogP contribution >= 0.6 is 23.2 Å². The Bertz CT molecular complexity index is 666. The van der Waals surface area contributed by atoms with Gasteiger partial charge in [-0.25, -0.2) is 4.98 Å². The quantitative estimate of drug-likeness (QED) is 0.575. The second kappa shape index (κ2) is 6.71. The summed E-state index contributed by atoms with van der Waals surface area (Å²) in [6.45, 7) is 0. The first-order valence-corrected chi connectivity index (χ1v) is 6.73. The fourth-order valence-corrected chi connectivity index (χ4v) is 2.08. The first-order chi connectivity index (χ1) is 9.97. The van der Waals surface area contributed by atoms with Crippen molar-refractivity contribution >= 4 is 34.9 Å². The van der Waals surface area contributed by atoms with E-state index in [1.165, 1.54) is 6.20 Å². The first kappa shape index (κ1) is 15.5. The summed E-state index contributed by atoms with van der Waals surface area (Å²) in [4.78, 5) is 18.9. The molecule has 1 unspecified atom stereocenters. The minimum absolute atomic E-state index is 0.00614. The highest BCUT2D eigenvalue weighted by atomic mass is 35.5. The number of halogens is 2. The molecule has 0 aliphatic heterocycles. The average Bonchev–Trinajstić information content (AvgIpc) is 2.43. The minimum Gasteiger partial charge on any atom is -0.373 e. The Hall–Kier alpha value is -1.89. The molecule has 0 radical (unpaired) electrons. The maximum absolute atomic E-state index is 11.3. The summed E-state index contributed by atoms with van der Waals surface area (Å²) in [6.07, 6.45) is 0.453. The number of hydrogen-bond donors (Lipinski definition) is 3. The minimum atomic E-state index is -1.02. The van der Waals surface area contributed by atoms with Crippen LogP contribution in [0.25, 0.3) is 0 Å². The van der Waals surface area contributed by atoms with Crippen molar-refractivity contribution in [1.29, 1.82) is 0 Å². The molecule has 0 aliphatic carbocycles. The van der Waals surface area contributed by atoms with Gasteiger partial charge in [-0.05, 0) is 23.2 Å². The van der Waals surface area contributed by atoms with E-state index in [1.54, 1.807) is 24.3 Å². The van der Waals surface area contributed by atoms with Crippen LogP contribution in [0.2, 0.25) is 10.3 Å². The molecule has 1 aromatic carbocycles. The lowest BCUT2D eigenvalue weighted by molar-refractivity contribution is 0.0999. The van der Waals surface area contributed by atoms with Crippen molar-refractivity contribution in [3.8, 4) is 0 Å². The smallest absolute Gasteiger partial charge is 0.248 e. The number of aromatic nitrogens is 2. The van der Waals surface area contributed by atoms with Gasteiger partial charge >= 0.3 is 0 Å². The molecule has 1 atom stereocenters. The number of carbonyl (C=O) groups is 1. The largest absolute Gasteiger partial charge is 0.373 e. The summed E-state index contributed by atoms with van der Waals surface area (Å²) in [7, 11) is 0. The van der Waals surface area contributed by atoms with E-state index in [0.29, 0.717) is 11.1 Å². The zero-order chi connectivity index (χ0) is 15.4. The normalized spacial score (nSPS) is 12.0. The summed E-state index contributed by atoms with van der Waals surface area (Å²) in [6, 6.07) is 6.76. The predicted molar refractivity (Wildman–Crippen MR) is 80.3 cm³/mol. The molecule has 2 rings (SSSR count). The molecule has 0 spiro atoms. The third-order valence-electron chi connectivity index (χ3n) is 2.71. The van der Waals surface area contributed by atoms with E-state index in [2.05, 4.69) is 15.3 Å². The average molecular weight is 327 g/mol. The van der Waals surface area contributed by atoms with Gasteiger partial charge < -0.3 is 16.2 Å². The molecule has 2 aromatic rings. The number of nitrogens with one attached hydrogen (secondary N) is 1. The van der Waals surface area contributed by atoms with Crippen molar-refractivity contribution in [2.24, 2.45) is 5.73 Å². The fourth-order valence-electron chi connectivity index (χ4n) is 1.80. The number of aliphatic hydroxyl groups is 1. The SMILES string of the molecule is NC(=O)c1ccccc1CC(O)Nc1nc(Cl)ncc1Cl. The maximum Gasteiger partial charge on any atom is 0.248 e. The molecular weight excluding hydrogens is 315 g/mol. The summed E-state index contributed by atoms with van der Waals surface area (Å²) < 4.78 is 0. The van der Waals surface area contributed by atoms with Gasteiger partial charge in [-0.3, -0.25) is 4.79 Å². The Kier molecular flexibility index (Phi) is 4.95. The number of amides is 1. The van der Waals surface area contributed by atoms with Crippen molar-refractivity contribution in [3.63, 3.8) is 0 Å². The molecule has 110 valence electrons. The molecule has 0 aliphatic rings. The number of carbonyl (C=O) groups excluding carboxylic acids is 1. The van der Waals surface area contributed by atoms with Gasteiger partial charge in [-0.15, -0.1) is 0 Å². The highest BCUT2D eigenvalue weighted by molar-refractivity contribution is 6.33. The Morgan fingerprint density at radius 2 is 2.10 bits per heavy atom. The van der Waals surface area contributed by atoms with Crippen molar-refractivity contribution in [2.45, 2.75) is 12.6 Å². The van der Waals surface area contributed by atoms with E-state index in [-0.39, 0.29) is 22.5 Å². The maximum atomic E-state index is 11.3. The number of anilines is 1. The molecule has 21 heavy (non-hydrogen) atoms. The van der Waals surface area contributed by atoms with Gasteiger partial charge in [0.05, 0.1) is 6.20 Å². The third kappa shape index (κ3) is 4.04. The van der Waals surface area contributed by atoms with E-state index in [9.17, 15) is 9.90 Å². The first-order valence-electron chi connectivity index (χ1n) is 5.97. The Morgan fingerprint density at radius 3 is 2.81 bits per heavy atom. The van der Waals surface area contributed by atoms with Gasteiger partial charge in [-0.1, -0.05) is 29.8 Å². The molecule has 0 saturated heterocycles. The van der Waals surface area contributed by atoms with Crippen LogP contribution in [0.15, 0.2) is 30.5 Å². The van der Waals surface area contributed by atoms with Crippen LogP contribution in [0.1, 0.15) is 15.9 Å². The highest BCUT2D eigenvalue weighted by Crippen LogP contribution is 2.21. The number of rotatable bonds is 5. The monoisotopic (exact) mass is 326 g/mol. The zero-order valence-electron chi connectivity index (χ0n) is 10.8. The summed E-state index contributed by atoms with van der Waals surface area (Å²) >= 11 is 11.6. The molecule has 6 nitrogen and oxygen atoms in total. The predicted octanol–water partition coefficient (Wildman–Crippen LogP) is 1.86. The van der Waals surface area contributed by atoms with Gasteiger partial charge in [0, 0.05) is 12.0 Å². The second-order valence-corrected chi connectivity index (χ2v) is 4.97. The Labute approximate surface area is 130 Å². The zero-order valence-corrected chi connectivity index (χ0v) is 12.3. The molecule has 0 saturated carbocycles. The van der Waals surface area contributed by atoms with E-state index in [1.807, 2.05) is 0 Å². The number of nitrogens with two attached hydrogens (primary N) is 1. The number of primary amides is 1. The summed E-state index contributed by atoms with van der Waals surface area (Å²) in [5.74, 6) is -0.346. The second-order valence-electron chi connectivity index (χ2n) is 4.22. The summed E-state index contributed by atoms with van der Waals surface area (Å²) in [5, 5.41) is 13.0.